The second kappa shape index (κ2) is 37.5. The van der Waals surface area contributed by atoms with Crippen molar-refractivity contribution in [3.63, 3.8) is 0 Å². The average Bonchev–Trinajstić information content (AvgIpc) is 3.08. The fourth-order valence-electron chi connectivity index (χ4n) is 6.13. The molecule has 0 aliphatic carbocycles. The van der Waals surface area contributed by atoms with Gasteiger partial charge in [-0.2, -0.15) is 0 Å². The van der Waals surface area contributed by atoms with Crippen molar-refractivity contribution in [1.29, 1.82) is 0 Å². The summed E-state index contributed by atoms with van der Waals surface area (Å²) in [6.45, 7) is 3.67. The van der Waals surface area contributed by atoms with Crippen LogP contribution in [0.25, 0.3) is 0 Å². The van der Waals surface area contributed by atoms with Crippen LogP contribution in [0.4, 0.5) is 0 Å². The molecule has 296 valence electrons. The standard InChI is InChI=1S/C41H79O8P/c1-3-5-7-9-11-13-14-15-16-17-18-19-20-21-22-23-24-25-26-28-30-32-34-36-41(43)49-39(38-48-50(44,45)46)37-47-40(42)35-33-31-29-27-12-10-8-6-4-2/h17-18,39H,3-16,19-38H2,1-2H3,(H2,44,45,46)/b18-17-. The van der Waals surface area contributed by atoms with E-state index in [1.54, 1.807) is 0 Å². The lowest BCUT2D eigenvalue weighted by atomic mass is 10.0. The van der Waals surface area contributed by atoms with Crippen molar-refractivity contribution in [2.45, 2.75) is 225 Å². The Bertz CT molecular complexity index is 827. The summed E-state index contributed by atoms with van der Waals surface area (Å²) in [5.74, 6) is -0.879. The van der Waals surface area contributed by atoms with E-state index in [9.17, 15) is 14.2 Å². The summed E-state index contributed by atoms with van der Waals surface area (Å²) >= 11 is 0. The fraction of sp³-hybridized carbons (Fsp3) is 0.902. The Morgan fingerprint density at radius 3 is 1.22 bits per heavy atom. The summed E-state index contributed by atoms with van der Waals surface area (Å²) in [5, 5.41) is 0. The van der Waals surface area contributed by atoms with Crippen LogP contribution in [0.1, 0.15) is 219 Å². The van der Waals surface area contributed by atoms with E-state index < -0.39 is 32.5 Å². The summed E-state index contributed by atoms with van der Waals surface area (Å²) in [5.41, 5.74) is 0. The van der Waals surface area contributed by atoms with Crippen LogP contribution in [-0.4, -0.2) is 41.0 Å². The Labute approximate surface area is 307 Å². The Morgan fingerprint density at radius 1 is 0.500 bits per heavy atom. The molecule has 0 heterocycles. The highest BCUT2D eigenvalue weighted by molar-refractivity contribution is 7.46. The molecule has 0 aromatic carbocycles. The van der Waals surface area contributed by atoms with E-state index in [2.05, 4.69) is 30.5 Å². The molecule has 0 radical (unpaired) electrons. The number of rotatable bonds is 39. The van der Waals surface area contributed by atoms with Gasteiger partial charge < -0.3 is 19.3 Å². The lowest BCUT2D eigenvalue weighted by Crippen LogP contribution is -2.29. The molecule has 1 unspecified atom stereocenters. The van der Waals surface area contributed by atoms with Gasteiger partial charge in [-0.15, -0.1) is 0 Å². The highest BCUT2D eigenvalue weighted by Crippen LogP contribution is 2.36. The third-order valence-electron chi connectivity index (χ3n) is 9.28. The van der Waals surface area contributed by atoms with Crippen LogP contribution in [0.3, 0.4) is 0 Å². The normalized spacial score (nSPS) is 12.5. The highest BCUT2D eigenvalue weighted by Gasteiger charge is 2.22. The molecule has 0 saturated carbocycles. The molecule has 0 saturated heterocycles. The van der Waals surface area contributed by atoms with Gasteiger partial charge in [0.2, 0.25) is 0 Å². The Hall–Kier alpha value is -1.21. The number of hydrogen-bond donors (Lipinski definition) is 2. The smallest absolute Gasteiger partial charge is 0.462 e. The fourth-order valence-corrected chi connectivity index (χ4v) is 6.49. The zero-order chi connectivity index (χ0) is 36.8. The molecule has 9 heteroatoms. The number of phosphoric acid groups is 1. The first-order valence-corrected chi connectivity index (χ1v) is 22.5. The van der Waals surface area contributed by atoms with E-state index in [0.717, 1.165) is 38.5 Å². The Kier molecular flexibility index (Phi) is 36.6. The molecule has 0 aliphatic heterocycles. The lowest BCUT2D eigenvalue weighted by molar-refractivity contribution is -0.161. The van der Waals surface area contributed by atoms with Gasteiger partial charge in [-0.3, -0.25) is 14.1 Å². The maximum atomic E-state index is 12.4. The molecular formula is C41H79O8P. The molecule has 1 atom stereocenters. The largest absolute Gasteiger partial charge is 0.469 e. The zero-order valence-electron chi connectivity index (χ0n) is 32.6. The van der Waals surface area contributed by atoms with Gasteiger partial charge >= 0.3 is 19.8 Å². The molecule has 2 N–H and O–H groups in total. The van der Waals surface area contributed by atoms with Gasteiger partial charge in [0.1, 0.15) is 6.61 Å². The van der Waals surface area contributed by atoms with Crippen LogP contribution in [0.2, 0.25) is 0 Å². The van der Waals surface area contributed by atoms with Crippen LogP contribution < -0.4 is 0 Å². The van der Waals surface area contributed by atoms with Crippen molar-refractivity contribution < 1.29 is 37.9 Å². The van der Waals surface area contributed by atoms with Crippen molar-refractivity contribution in [3.8, 4) is 0 Å². The molecule has 0 aromatic rings. The second-order valence-corrected chi connectivity index (χ2v) is 15.6. The predicted molar refractivity (Wildman–Crippen MR) is 207 cm³/mol. The SMILES string of the molecule is CCCCCCCCCC/C=C\CCCCCCCCCCCCCC(=O)OC(COC(=O)CCCCCCCCCCC)COP(=O)(O)O. The lowest BCUT2D eigenvalue weighted by Gasteiger charge is -2.18. The maximum absolute atomic E-state index is 12.4. The van der Waals surface area contributed by atoms with E-state index in [1.807, 2.05) is 0 Å². The van der Waals surface area contributed by atoms with Crippen LogP contribution in [0, 0.1) is 0 Å². The first-order chi connectivity index (χ1) is 24.3. The molecule has 0 bridgehead atoms. The first-order valence-electron chi connectivity index (χ1n) is 21.0. The average molecular weight is 731 g/mol. The third-order valence-corrected chi connectivity index (χ3v) is 9.77. The number of ether oxygens (including phenoxy) is 2. The van der Waals surface area contributed by atoms with Crippen LogP contribution in [0.5, 0.6) is 0 Å². The summed E-state index contributed by atoms with van der Waals surface area (Å²) < 4.78 is 26.3. The molecule has 0 amide bonds. The second-order valence-electron chi connectivity index (χ2n) is 14.3. The van der Waals surface area contributed by atoms with Crippen LogP contribution >= 0.6 is 7.82 Å². The Morgan fingerprint density at radius 2 is 0.840 bits per heavy atom. The molecule has 0 fully saturated rings. The summed E-state index contributed by atoms with van der Waals surface area (Å²) in [7, 11) is -4.74. The molecule has 0 rings (SSSR count). The summed E-state index contributed by atoms with van der Waals surface area (Å²) in [4.78, 5) is 42.7. The van der Waals surface area contributed by atoms with Gasteiger partial charge in [0.25, 0.3) is 0 Å². The number of esters is 2. The predicted octanol–water partition coefficient (Wildman–Crippen LogP) is 12.6. The number of allylic oxidation sites excluding steroid dienone is 2. The zero-order valence-corrected chi connectivity index (χ0v) is 33.5. The van der Waals surface area contributed by atoms with Crippen molar-refractivity contribution >= 4 is 19.8 Å². The number of unbranched alkanes of at least 4 members (excludes halogenated alkanes) is 27. The highest BCUT2D eigenvalue weighted by atomic mass is 31.2. The molecule has 0 aromatic heterocycles. The third kappa shape index (κ3) is 39.6. The van der Waals surface area contributed by atoms with E-state index in [0.29, 0.717) is 6.42 Å². The van der Waals surface area contributed by atoms with Gasteiger partial charge in [0.05, 0.1) is 6.61 Å². The number of carbonyl (C=O) groups is 2. The summed E-state index contributed by atoms with van der Waals surface area (Å²) in [6.07, 6.45) is 40.9. The number of phosphoric ester groups is 1. The molecule has 50 heavy (non-hydrogen) atoms. The topological polar surface area (TPSA) is 119 Å². The number of carbonyl (C=O) groups excluding carboxylic acids is 2. The minimum absolute atomic E-state index is 0.215. The van der Waals surface area contributed by atoms with Gasteiger partial charge in [0, 0.05) is 12.8 Å². The minimum atomic E-state index is -4.74. The van der Waals surface area contributed by atoms with Crippen LogP contribution in [0.15, 0.2) is 12.2 Å². The Balaban J connectivity index is 3.79. The van der Waals surface area contributed by atoms with Gasteiger partial charge in [-0.1, -0.05) is 180 Å². The molecule has 8 nitrogen and oxygen atoms in total. The van der Waals surface area contributed by atoms with E-state index in [4.69, 9.17) is 19.3 Å². The van der Waals surface area contributed by atoms with Gasteiger partial charge in [-0.25, -0.2) is 4.57 Å². The first kappa shape index (κ1) is 48.8. The monoisotopic (exact) mass is 731 g/mol. The van der Waals surface area contributed by atoms with Gasteiger partial charge in [-0.05, 0) is 38.5 Å². The van der Waals surface area contributed by atoms with Crippen LogP contribution in [-0.2, 0) is 28.2 Å². The minimum Gasteiger partial charge on any atom is -0.462 e. The van der Waals surface area contributed by atoms with Crippen molar-refractivity contribution in [1.82, 2.24) is 0 Å². The van der Waals surface area contributed by atoms with Gasteiger partial charge in [0.15, 0.2) is 6.10 Å². The van der Waals surface area contributed by atoms with Crippen molar-refractivity contribution in [2.24, 2.45) is 0 Å². The molecule has 0 aliphatic rings. The van der Waals surface area contributed by atoms with E-state index in [-0.39, 0.29) is 19.4 Å². The van der Waals surface area contributed by atoms with Crippen molar-refractivity contribution in [3.05, 3.63) is 12.2 Å². The van der Waals surface area contributed by atoms with E-state index >= 15 is 0 Å². The molecule has 0 spiro atoms. The van der Waals surface area contributed by atoms with Crippen molar-refractivity contribution in [2.75, 3.05) is 13.2 Å². The number of hydrogen-bond acceptors (Lipinski definition) is 6. The molecular weight excluding hydrogens is 651 g/mol. The summed E-state index contributed by atoms with van der Waals surface area (Å²) in [6, 6.07) is 0. The quantitative estimate of drug-likeness (QED) is 0.0278. The maximum Gasteiger partial charge on any atom is 0.469 e. The van der Waals surface area contributed by atoms with E-state index in [1.165, 1.54) is 148 Å².